The lowest BCUT2D eigenvalue weighted by atomic mass is 10.0. The van der Waals surface area contributed by atoms with Crippen molar-refractivity contribution in [3.05, 3.63) is 47.7 Å². The van der Waals surface area contributed by atoms with Crippen LogP contribution in [0.1, 0.15) is 36.8 Å². The quantitative estimate of drug-likeness (QED) is 0.538. The summed E-state index contributed by atoms with van der Waals surface area (Å²) in [5.41, 5.74) is 1.11. The molecule has 0 unspecified atom stereocenters. The normalized spacial score (nSPS) is 21.8. The Kier molecular flexibility index (Phi) is 7.89. The number of piperidine rings is 1. The van der Waals surface area contributed by atoms with E-state index < -0.39 is 33.7 Å². The summed E-state index contributed by atoms with van der Waals surface area (Å²) in [5.74, 6) is -0.524. The zero-order valence-electron chi connectivity index (χ0n) is 20.7. The van der Waals surface area contributed by atoms with E-state index in [1.807, 2.05) is 12.1 Å². The van der Waals surface area contributed by atoms with Crippen LogP contribution in [-0.4, -0.2) is 74.2 Å². The number of alkyl halides is 3. The number of aromatic nitrogens is 2. The van der Waals surface area contributed by atoms with E-state index in [2.05, 4.69) is 26.7 Å². The van der Waals surface area contributed by atoms with Gasteiger partial charge in [-0.25, -0.2) is 13.4 Å². The molecule has 206 valence electrons. The summed E-state index contributed by atoms with van der Waals surface area (Å²) in [4.78, 5) is 8.08. The van der Waals surface area contributed by atoms with Crippen molar-refractivity contribution in [2.24, 2.45) is 0 Å². The Hall–Kier alpha value is -2.74. The molecule has 4 heterocycles. The van der Waals surface area contributed by atoms with Crippen molar-refractivity contribution in [2.45, 2.75) is 48.9 Å². The first-order chi connectivity index (χ1) is 18.2. The minimum atomic E-state index is -4.66. The smallest absolute Gasteiger partial charge is 0.423 e. The van der Waals surface area contributed by atoms with Gasteiger partial charge in [0.05, 0.1) is 18.1 Å². The fourth-order valence-electron chi connectivity index (χ4n) is 4.76. The van der Waals surface area contributed by atoms with Gasteiger partial charge in [0, 0.05) is 38.3 Å². The maximum atomic E-state index is 13.4. The van der Waals surface area contributed by atoms with Gasteiger partial charge in [-0.15, -0.1) is 0 Å². The fraction of sp³-hybridized carbons (Fsp3) is 0.520. The molecule has 0 bridgehead atoms. The molecule has 2 saturated heterocycles. The molecule has 2 N–H and O–H groups in total. The van der Waals surface area contributed by atoms with Gasteiger partial charge in [-0.1, -0.05) is 18.2 Å². The van der Waals surface area contributed by atoms with Gasteiger partial charge in [-0.05, 0) is 49.1 Å². The number of hydrogen-bond acceptors (Lipinski definition) is 8. The molecule has 0 amide bonds. The van der Waals surface area contributed by atoms with E-state index in [4.69, 9.17) is 9.47 Å². The summed E-state index contributed by atoms with van der Waals surface area (Å²) < 4.78 is 78.8. The lowest BCUT2D eigenvalue weighted by Crippen LogP contribution is -2.42. The van der Waals surface area contributed by atoms with Gasteiger partial charge < -0.3 is 20.1 Å². The maximum Gasteiger partial charge on any atom is 0.423 e. The molecule has 2 fully saturated rings. The van der Waals surface area contributed by atoms with Crippen LogP contribution in [0.3, 0.4) is 0 Å². The summed E-state index contributed by atoms with van der Waals surface area (Å²) in [5, 5.41) is 6.35. The predicted octanol–water partition coefficient (Wildman–Crippen LogP) is 3.31. The molecule has 0 aliphatic carbocycles. The van der Waals surface area contributed by atoms with Crippen molar-refractivity contribution in [1.29, 1.82) is 0 Å². The Morgan fingerprint density at radius 2 is 1.89 bits per heavy atom. The Morgan fingerprint density at radius 1 is 1.13 bits per heavy atom. The molecule has 9 nitrogen and oxygen atoms in total. The number of nitrogens with one attached hydrogen (secondary N) is 2. The second-order valence-corrected chi connectivity index (χ2v) is 11.5. The van der Waals surface area contributed by atoms with Crippen molar-refractivity contribution in [2.75, 3.05) is 44.7 Å². The molecule has 1 aromatic heterocycles. The van der Waals surface area contributed by atoms with Crippen molar-refractivity contribution in [3.63, 3.8) is 0 Å². The number of halogens is 3. The highest BCUT2D eigenvalue weighted by Crippen LogP contribution is 2.36. The molecule has 3 aliphatic heterocycles. The third-order valence-corrected chi connectivity index (χ3v) is 8.82. The molecule has 2 aromatic rings. The van der Waals surface area contributed by atoms with Crippen LogP contribution >= 0.6 is 0 Å². The van der Waals surface area contributed by atoms with Gasteiger partial charge in [0.15, 0.2) is 0 Å². The van der Waals surface area contributed by atoms with E-state index in [0.29, 0.717) is 32.1 Å². The Morgan fingerprint density at radius 3 is 2.53 bits per heavy atom. The van der Waals surface area contributed by atoms with E-state index >= 15 is 0 Å². The van der Waals surface area contributed by atoms with Gasteiger partial charge in [0.25, 0.3) is 0 Å². The highest BCUT2D eigenvalue weighted by molar-refractivity contribution is 7.89. The number of nitrogens with zero attached hydrogens (tertiary/aromatic N) is 3. The third kappa shape index (κ3) is 6.11. The highest BCUT2D eigenvalue weighted by atomic mass is 32.2. The van der Waals surface area contributed by atoms with Crippen LogP contribution in [-0.2, 0) is 20.9 Å². The first-order valence-electron chi connectivity index (χ1n) is 12.7. The third-order valence-electron chi connectivity index (χ3n) is 6.90. The molecule has 0 radical (unpaired) electrons. The first-order valence-corrected chi connectivity index (χ1v) is 14.1. The Balaban J connectivity index is 1.21. The zero-order chi connectivity index (χ0) is 26.8. The average Bonchev–Trinajstić information content (AvgIpc) is 3.42. The summed E-state index contributed by atoms with van der Waals surface area (Å²) in [6.07, 6.45) is 0.0426. The van der Waals surface area contributed by atoms with Crippen molar-refractivity contribution < 1.29 is 31.1 Å². The largest absolute Gasteiger partial charge is 0.471 e. The van der Waals surface area contributed by atoms with Gasteiger partial charge in [0.1, 0.15) is 11.7 Å². The lowest BCUT2D eigenvalue weighted by Gasteiger charge is -2.31. The number of ether oxygens (including phenoxy) is 2. The van der Waals surface area contributed by atoms with Crippen molar-refractivity contribution >= 4 is 21.5 Å². The molecule has 0 saturated carbocycles. The lowest BCUT2D eigenvalue weighted by molar-refractivity contribution is -0.139. The molecule has 1 aromatic carbocycles. The monoisotopic (exact) mass is 553 g/mol. The topological polar surface area (TPSA) is 106 Å². The fourth-order valence-corrected chi connectivity index (χ4v) is 6.23. The molecule has 3 aliphatic rings. The first kappa shape index (κ1) is 26.9. The molecule has 0 spiro atoms. The second-order valence-electron chi connectivity index (χ2n) is 9.56. The number of anilines is 1. The average molecular weight is 554 g/mol. The van der Waals surface area contributed by atoms with Gasteiger partial charge in [-0.2, -0.15) is 22.5 Å². The minimum Gasteiger partial charge on any atom is -0.471 e. The van der Waals surface area contributed by atoms with Gasteiger partial charge in [0.2, 0.25) is 21.9 Å². The molecule has 1 atom stereocenters. The molecular formula is C25H30F3N5O4S. The molecule has 38 heavy (non-hydrogen) atoms. The van der Waals surface area contributed by atoms with E-state index in [1.165, 1.54) is 4.31 Å². The molecule has 5 rings (SSSR count). The summed E-state index contributed by atoms with van der Waals surface area (Å²) >= 11 is 0. The number of benzene rings is 1. The summed E-state index contributed by atoms with van der Waals surface area (Å²) in [6.45, 7) is 2.85. The van der Waals surface area contributed by atoms with Gasteiger partial charge in [-0.3, -0.25) is 0 Å². The summed E-state index contributed by atoms with van der Waals surface area (Å²) in [7, 11) is -3.67. The van der Waals surface area contributed by atoms with Crippen LogP contribution in [0.25, 0.3) is 5.57 Å². The van der Waals surface area contributed by atoms with Crippen LogP contribution in [0.4, 0.5) is 19.1 Å². The van der Waals surface area contributed by atoms with Crippen LogP contribution in [0, 0.1) is 0 Å². The predicted molar refractivity (Wildman–Crippen MR) is 134 cm³/mol. The SMILES string of the molecule is O=S(=O)(c1ccc(C2=CCCNC2)cc1)N1CCC(Nc2ncc(C(F)(F)F)c(O[C@H]3CCOC3)n2)CC1. The van der Waals surface area contributed by atoms with Crippen molar-refractivity contribution in [1.82, 2.24) is 19.6 Å². The van der Waals surface area contributed by atoms with E-state index in [1.54, 1.807) is 12.1 Å². The van der Waals surface area contributed by atoms with E-state index in [-0.39, 0.29) is 36.6 Å². The van der Waals surface area contributed by atoms with E-state index in [0.717, 1.165) is 30.6 Å². The number of sulfonamides is 1. The number of hydrogen-bond donors (Lipinski definition) is 2. The zero-order valence-corrected chi connectivity index (χ0v) is 21.5. The minimum absolute atomic E-state index is 0.00955. The Labute approximate surface area is 219 Å². The molecule has 13 heteroatoms. The van der Waals surface area contributed by atoms with Crippen LogP contribution in [0.2, 0.25) is 0 Å². The Bertz CT molecular complexity index is 1260. The highest BCUT2D eigenvalue weighted by Gasteiger charge is 2.38. The standard InChI is InChI=1S/C25H30F3N5O4S/c26-25(27,28)22-15-30-24(32-23(22)37-20-9-13-36-16-20)31-19-7-11-33(12-8-19)38(34,35)21-5-3-17(4-6-21)18-2-1-10-29-14-18/h2-6,15,19-20,29H,1,7-14,16H2,(H,30,31,32)/t20-/m0/s1. The molecular weight excluding hydrogens is 523 g/mol. The van der Waals surface area contributed by atoms with Gasteiger partial charge >= 0.3 is 6.18 Å². The second kappa shape index (κ2) is 11.2. The maximum absolute atomic E-state index is 13.4. The van der Waals surface area contributed by atoms with Crippen LogP contribution in [0.5, 0.6) is 5.88 Å². The van der Waals surface area contributed by atoms with E-state index in [9.17, 15) is 21.6 Å². The number of rotatable bonds is 7. The summed E-state index contributed by atoms with van der Waals surface area (Å²) in [6, 6.07) is 6.74. The van der Waals surface area contributed by atoms with Crippen LogP contribution in [0.15, 0.2) is 41.4 Å². The van der Waals surface area contributed by atoms with Crippen molar-refractivity contribution in [3.8, 4) is 5.88 Å². The van der Waals surface area contributed by atoms with Crippen LogP contribution < -0.4 is 15.4 Å².